The van der Waals surface area contributed by atoms with Crippen molar-refractivity contribution in [2.45, 2.75) is 70.4 Å². The lowest BCUT2D eigenvalue weighted by molar-refractivity contribution is 0.0732. The molecular weight excluding hydrogens is 258 g/mol. The Labute approximate surface area is 131 Å². The van der Waals surface area contributed by atoms with Crippen molar-refractivity contribution in [2.24, 2.45) is 17.6 Å². The summed E-state index contributed by atoms with van der Waals surface area (Å²) >= 11 is 0. The lowest BCUT2D eigenvalue weighted by atomic mass is 9.77. The summed E-state index contributed by atoms with van der Waals surface area (Å²) in [7, 11) is 0. The highest BCUT2D eigenvalue weighted by Crippen LogP contribution is 2.31. The van der Waals surface area contributed by atoms with Gasteiger partial charge in [-0.15, -0.1) is 0 Å². The van der Waals surface area contributed by atoms with Gasteiger partial charge in [-0.05, 0) is 43.9 Å². The molecule has 0 spiro atoms. The van der Waals surface area contributed by atoms with E-state index >= 15 is 0 Å². The van der Waals surface area contributed by atoms with Gasteiger partial charge >= 0.3 is 0 Å². The van der Waals surface area contributed by atoms with Gasteiger partial charge in [0.05, 0.1) is 0 Å². The minimum absolute atomic E-state index is 0.459. The summed E-state index contributed by atoms with van der Waals surface area (Å²) in [5, 5.41) is 0. The molecule has 0 aromatic rings. The Morgan fingerprint density at radius 1 is 0.952 bits per heavy atom. The van der Waals surface area contributed by atoms with E-state index in [1.54, 1.807) is 0 Å². The average Bonchev–Trinajstić information content (AvgIpc) is 3.04. The molecule has 0 radical (unpaired) electrons. The number of rotatable bonds is 4. The van der Waals surface area contributed by atoms with Crippen molar-refractivity contribution >= 4 is 0 Å². The first-order valence-corrected chi connectivity index (χ1v) is 9.48. The Morgan fingerprint density at radius 2 is 1.67 bits per heavy atom. The van der Waals surface area contributed by atoms with Crippen molar-refractivity contribution in [3.8, 4) is 0 Å². The zero-order valence-electron chi connectivity index (χ0n) is 14.0. The molecule has 3 rings (SSSR count). The van der Waals surface area contributed by atoms with Gasteiger partial charge in [0.15, 0.2) is 0 Å². The molecule has 3 unspecified atom stereocenters. The molecule has 2 N–H and O–H groups in total. The molecule has 122 valence electrons. The van der Waals surface area contributed by atoms with E-state index in [1.165, 1.54) is 84.1 Å². The third-order valence-electron chi connectivity index (χ3n) is 6.47. The predicted octanol–water partition coefficient (Wildman–Crippen LogP) is 2.70. The smallest absolute Gasteiger partial charge is 0.0113 e. The molecule has 1 aliphatic heterocycles. The van der Waals surface area contributed by atoms with Crippen LogP contribution in [0.2, 0.25) is 0 Å². The first-order chi connectivity index (χ1) is 10.3. The van der Waals surface area contributed by atoms with E-state index in [4.69, 9.17) is 5.73 Å². The molecular formula is C18H35N3. The van der Waals surface area contributed by atoms with Crippen LogP contribution in [-0.2, 0) is 0 Å². The molecule has 3 fully saturated rings. The summed E-state index contributed by atoms with van der Waals surface area (Å²) < 4.78 is 0. The van der Waals surface area contributed by atoms with Crippen LogP contribution in [0.1, 0.15) is 58.3 Å². The zero-order valence-corrected chi connectivity index (χ0v) is 14.0. The molecule has 1 saturated heterocycles. The highest BCUT2D eigenvalue weighted by atomic mass is 15.3. The fourth-order valence-electron chi connectivity index (χ4n) is 4.88. The first-order valence-electron chi connectivity index (χ1n) is 9.48. The summed E-state index contributed by atoms with van der Waals surface area (Å²) in [6, 6.07) is 1.37. The second-order valence-corrected chi connectivity index (χ2v) is 7.79. The number of hydrogen-bond acceptors (Lipinski definition) is 3. The van der Waals surface area contributed by atoms with Crippen molar-refractivity contribution < 1.29 is 0 Å². The maximum absolute atomic E-state index is 6.40. The monoisotopic (exact) mass is 293 g/mol. The van der Waals surface area contributed by atoms with E-state index in [9.17, 15) is 0 Å². The topological polar surface area (TPSA) is 32.5 Å². The largest absolute Gasteiger partial charge is 0.327 e. The van der Waals surface area contributed by atoms with E-state index in [2.05, 4.69) is 16.7 Å². The lowest BCUT2D eigenvalue weighted by Crippen LogP contribution is -2.52. The van der Waals surface area contributed by atoms with E-state index in [1.807, 2.05) is 0 Å². The van der Waals surface area contributed by atoms with Gasteiger partial charge in [0.2, 0.25) is 0 Å². The maximum Gasteiger partial charge on any atom is 0.0113 e. The summed E-state index contributed by atoms with van der Waals surface area (Å²) in [6.45, 7) is 8.75. The molecule has 2 aliphatic carbocycles. The van der Waals surface area contributed by atoms with Gasteiger partial charge in [0, 0.05) is 44.8 Å². The Balaban J connectivity index is 1.43. The van der Waals surface area contributed by atoms with Gasteiger partial charge in [0.25, 0.3) is 0 Å². The summed E-state index contributed by atoms with van der Waals surface area (Å²) in [6.07, 6.45) is 11.2. The van der Waals surface area contributed by atoms with Crippen LogP contribution in [0, 0.1) is 11.8 Å². The fraction of sp³-hybridized carbons (Fsp3) is 1.00. The van der Waals surface area contributed by atoms with Gasteiger partial charge in [-0.25, -0.2) is 0 Å². The van der Waals surface area contributed by atoms with Crippen LogP contribution >= 0.6 is 0 Å². The van der Waals surface area contributed by atoms with Crippen LogP contribution in [0.5, 0.6) is 0 Å². The standard InChI is InChI=1S/C18H35N3/c1-2-15-7-8-18(19)16(13-15)14-20-9-11-21(12-10-20)17-5-3-4-6-17/h15-18H,2-14,19H2,1H3. The molecule has 3 aliphatic rings. The van der Waals surface area contributed by atoms with Crippen molar-refractivity contribution in [3.63, 3.8) is 0 Å². The fourth-order valence-corrected chi connectivity index (χ4v) is 4.88. The minimum Gasteiger partial charge on any atom is -0.327 e. The third kappa shape index (κ3) is 4.00. The zero-order chi connectivity index (χ0) is 14.7. The molecule has 0 bridgehead atoms. The second-order valence-electron chi connectivity index (χ2n) is 7.79. The number of piperazine rings is 1. The van der Waals surface area contributed by atoms with Crippen LogP contribution in [0.3, 0.4) is 0 Å². The Morgan fingerprint density at radius 3 is 2.33 bits per heavy atom. The van der Waals surface area contributed by atoms with Crippen molar-refractivity contribution in [3.05, 3.63) is 0 Å². The molecule has 3 atom stereocenters. The van der Waals surface area contributed by atoms with E-state index in [0.717, 1.165) is 17.9 Å². The van der Waals surface area contributed by atoms with Gasteiger partial charge in [-0.2, -0.15) is 0 Å². The number of nitrogens with zero attached hydrogens (tertiary/aromatic N) is 2. The SMILES string of the molecule is CCC1CCC(N)C(CN2CCN(C3CCCC3)CC2)C1. The Kier molecular flexibility index (Phi) is 5.58. The highest BCUT2D eigenvalue weighted by Gasteiger charge is 2.31. The van der Waals surface area contributed by atoms with Crippen molar-refractivity contribution in [1.82, 2.24) is 9.80 Å². The summed E-state index contributed by atoms with van der Waals surface area (Å²) in [5.74, 6) is 1.69. The predicted molar refractivity (Wildman–Crippen MR) is 89.4 cm³/mol. The van der Waals surface area contributed by atoms with E-state index in [-0.39, 0.29) is 0 Å². The van der Waals surface area contributed by atoms with Crippen molar-refractivity contribution in [1.29, 1.82) is 0 Å². The normalized spacial score (nSPS) is 37.1. The maximum atomic E-state index is 6.40. The molecule has 3 nitrogen and oxygen atoms in total. The molecule has 21 heavy (non-hydrogen) atoms. The van der Waals surface area contributed by atoms with Crippen LogP contribution in [0.15, 0.2) is 0 Å². The lowest BCUT2D eigenvalue weighted by Gasteiger charge is -2.42. The van der Waals surface area contributed by atoms with Crippen LogP contribution in [0.25, 0.3) is 0 Å². The average molecular weight is 293 g/mol. The van der Waals surface area contributed by atoms with E-state index < -0.39 is 0 Å². The second kappa shape index (κ2) is 7.43. The van der Waals surface area contributed by atoms with Crippen LogP contribution in [-0.4, -0.2) is 54.6 Å². The molecule has 0 amide bonds. The molecule has 0 aromatic heterocycles. The third-order valence-corrected chi connectivity index (χ3v) is 6.47. The van der Waals surface area contributed by atoms with Crippen LogP contribution < -0.4 is 5.73 Å². The molecule has 1 heterocycles. The van der Waals surface area contributed by atoms with E-state index in [0.29, 0.717) is 6.04 Å². The molecule has 2 saturated carbocycles. The summed E-state index contributed by atoms with van der Waals surface area (Å²) in [5.41, 5.74) is 6.40. The van der Waals surface area contributed by atoms with Crippen molar-refractivity contribution in [2.75, 3.05) is 32.7 Å². The molecule has 0 aromatic carbocycles. The quantitative estimate of drug-likeness (QED) is 0.865. The minimum atomic E-state index is 0.459. The first kappa shape index (κ1) is 15.8. The Hall–Kier alpha value is -0.120. The number of hydrogen-bond donors (Lipinski definition) is 1. The van der Waals surface area contributed by atoms with Gasteiger partial charge in [-0.3, -0.25) is 4.90 Å². The summed E-state index contributed by atoms with van der Waals surface area (Å²) in [4.78, 5) is 5.47. The highest BCUT2D eigenvalue weighted by molar-refractivity contribution is 4.87. The van der Waals surface area contributed by atoms with Crippen LogP contribution in [0.4, 0.5) is 0 Å². The van der Waals surface area contributed by atoms with Gasteiger partial charge in [-0.1, -0.05) is 26.2 Å². The Bertz CT molecular complexity index is 306. The van der Waals surface area contributed by atoms with Gasteiger partial charge in [0.1, 0.15) is 0 Å². The number of nitrogens with two attached hydrogens (primary N) is 1. The van der Waals surface area contributed by atoms with Gasteiger partial charge < -0.3 is 10.6 Å². The molecule has 3 heteroatoms.